The molecule has 5 nitrogen and oxygen atoms in total. The fourth-order valence-electron chi connectivity index (χ4n) is 3.28. The van der Waals surface area contributed by atoms with Gasteiger partial charge in [0.15, 0.2) is 5.82 Å². The third-order valence-corrected chi connectivity index (χ3v) is 4.72. The topological polar surface area (TPSA) is 75.1 Å². The second-order valence-corrected chi connectivity index (χ2v) is 6.37. The number of aryl methyl sites for hydroxylation is 1. The minimum absolute atomic E-state index is 0.0319. The summed E-state index contributed by atoms with van der Waals surface area (Å²) in [5.41, 5.74) is 2.09. The minimum atomic E-state index is -0.155. The summed E-state index contributed by atoms with van der Waals surface area (Å²) in [7, 11) is 0. The summed E-state index contributed by atoms with van der Waals surface area (Å²) in [6, 6.07) is 9.74. The monoisotopic (exact) mass is 325 g/mol. The van der Waals surface area contributed by atoms with Gasteiger partial charge in [0.1, 0.15) is 0 Å². The van der Waals surface area contributed by atoms with E-state index in [-0.39, 0.29) is 24.5 Å². The molecule has 1 aliphatic rings. The van der Waals surface area contributed by atoms with Crippen LogP contribution < -0.4 is 5.32 Å². The van der Waals surface area contributed by atoms with Gasteiger partial charge in [0.25, 0.3) is 5.91 Å². The van der Waals surface area contributed by atoms with Crippen LogP contribution in [-0.4, -0.2) is 33.6 Å². The number of hydrogen-bond acceptors (Lipinski definition) is 4. The Morgan fingerprint density at radius 1 is 1.25 bits per heavy atom. The maximum Gasteiger partial charge on any atom is 0.254 e. The number of nitrogens with zero attached hydrogens (tertiary/aromatic N) is 2. The Hall–Kier alpha value is -2.27. The van der Waals surface area contributed by atoms with Gasteiger partial charge in [-0.15, -0.1) is 0 Å². The number of carbonyl (C=O) groups is 1. The Balaban J connectivity index is 1.75. The highest BCUT2D eigenvalue weighted by Crippen LogP contribution is 2.24. The van der Waals surface area contributed by atoms with E-state index in [4.69, 9.17) is 0 Å². The van der Waals surface area contributed by atoms with Crippen molar-refractivity contribution in [1.29, 1.82) is 0 Å². The van der Waals surface area contributed by atoms with Crippen molar-refractivity contribution in [3.05, 3.63) is 47.8 Å². The van der Waals surface area contributed by atoms with Crippen molar-refractivity contribution in [3.8, 4) is 11.4 Å². The van der Waals surface area contributed by atoms with Gasteiger partial charge in [-0.2, -0.15) is 0 Å². The molecule has 0 aliphatic heterocycles. The van der Waals surface area contributed by atoms with Gasteiger partial charge in [-0.1, -0.05) is 43.2 Å². The second kappa shape index (κ2) is 7.53. The van der Waals surface area contributed by atoms with E-state index in [1.54, 1.807) is 6.20 Å². The van der Waals surface area contributed by atoms with Crippen LogP contribution in [0.15, 0.2) is 36.5 Å². The smallest absolute Gasteiger partial charge is 0.254 e. The molecular formula is C19H23N3O2. The van der Waals surface area contributed by atoms with Crippen LogP contribution in [-0.2, 0) is 0 Å². The highest BCUT2D eigenvalue weighted by Gasteiger charge is 2.26. The first-order chi connectivity index (χ1) is 11.7. The molecule has 1 amide bonds. The molecule has 1 fully saturated rings. The van der Waals surface area contributed by atoms with Crippen LogP contribution in [0.4, 0.5) is 0 Å². The summed E-state index contributed by atoms with van der Waals surface area (Å²) in [5.74, 6) is 0.612. The van der Waals surface area contributed by atoms with E-state index in [0.717, 1.165) is 31.2 Å². The van der Waals surface area contributed by atoms with Crippen molar-refractivity contribution in [3.63, 3.8) is 0 Å². The van der Waals surface area contributed by atoms with Crippen LogP contribution in [0.5, 0.6) is 0 Å². The normalized spacial score (nSPS) is 20.6. The summed E-state index contributed by atoms with van der Waals surface area (Å²) >= 11 is 0. The standard InChI is InChI=1S/C19H23N3O2/c1-13-16(11-20-18(21-13)14-7-3-2-4-8-14)19(24)22-17-10-6-5-9-15(17)12-23/h2-4,7-8,11,15,17,23H,5-6,9-10,12H2,1H3,(H,22,24). The summed E-state index contributed by atoms with van der Waals surface area (Å²) in [6.45, 7) is 1.95. The van der Waals surface area contributed by atoms with Gasteiger partial charge in [0.05, 0.1) is 11.3 Å². The lowest BCUT2D eigenvalue weighted by Crippen LogP contribution is -2.43. The number of rotatable bonds is 4. The number of nitrogens with one attached hydrogen (secondary N) is 1. The molecule has 0 spiro atoms. The molecule has 1 aromatic carbocycles. The lowest BCUT2D eigenvalue weighted by atomic mass is 9.85. The lowest BCUT2D eigenvalue weighted by molar-refractivity contribution is 0.0871. The molecule has 2 atom stereocenters. The summed E-state index contributed by atoms with van der Waals surface area (Å²) in [5, 5.41) is 12.5. The number of aromatic nitrogens is 2. The summed E-state index contributed by atoms with van der Waals surface area (Å²) in [6.07, 6.45) is 5.68. The van der Waals surface area contributed by atoms with Crippen LogP contribution in [0.1, 0.15) is 41.7 Å². The van der Waals surface area contributed by atoms with Crippen LogP contribution >= 0.6 is 0 Å². The summed E-state index contributed by atoms with van der Waals surface area (Å²) in [4.78, 5) is 21.4. The molecular weight excluding hydrogens is 302 g/mol. The molecule has 126 valence electrons. The molecule has 2 N–H and O–H groups in total. The number of benzene rings is 1. The predicted molar refractivity (Wildman–Crippen MR) is 92.5 cm³/mol. The minimum Gasteiger partial charge on any atom is -0.396 e. The molecule has 5 heteroatoms. The molecule has 1 heterocycles. The van der Waals surface area contributed by atoms with Crippen molar-refractivity contribution < 1.29 is 9.90 Å². The highest BCUT2D eigenvalue weighted by molar-refractivity contribution is 5.95. The second-order valence-electron chi connectivity index (χ2n) is 6.37. The van der Waals surface area contributed by atoms with E-state index < -0.39 is 0 Å². The van der Waals surface area contributed by atoms with E-state index >= 15 is 0 Å². The molecule has 1 aromatic heterocycles. The number of aliphatic hydroxyl groups excluding tert-OH is 1. The van der Waals surface area contributed by atoms with Gasteiger partial charge in [0.2, 0.25) is 0 Å². The molecule has 0 saturated heterocycles. The van der Waals surface area contributed by atoms with Crippen LogP contribution in [0.3, 0.4) is 0 Å². The van der Waals surface area contributed by atoms with E-state index in [1.165, 1.54) is 0 Å². The van der Waals surface area contributed by atoms with E-state index in [2.05, 4.69) is 15.3 Å². The van der Waals surface area contributed by atoms with Crippen LogP contribution in [0, 0.1) is 12.8 Å². The first kappa shape index (κ1) is 16.6. The van der Waals surface area contributed by atoms with Crippen molar-refractivity contribution in [1.82, 2.24) is 15.3 Å². The van der Waals surface area contributed by atoms with Crippen molar-refractivity contribution in [2.45, 2.75) is 38.6 Å². The number of amides is 1. The van der Waals surface area contributed by atoms with Crippen LogP contribution in [0.2, 0.25) is 0 Å². The molecule has 3 rings (SSSR count). The van der Waals surface area contributed by atoms with Gasteiger partial charge in [-0.3, -0.25) is 4.79 Å². The Kier molecular flexibility index (Phi) is 5.20. The zero-order valence-corrected chi connectivity index (χ0v) is 13.9. The first-order valence-corrected chi connectivity index (χ1v) is 8.50. The van der Waals surface area contributed by atoms with E-state index in [0.29, 0.717) is 17.1 Å². The lowest BCUT2D eigenvalue weighted by Gasteiger charge is -2.30. The average Bonchev–Trinajstić information content (AvgIpc) is 2.62. The number of hydrogen-bond donors (Lipinski definition) is 2. The number of carbonyl (C=O) groups excluding carboxylic acids is 1. The molecule has 1 saturated carbocycles. The van der Waals surface area contributed by atoms with Crippen molar-refractivity contribution in [2.75, 3.05) is 6.61 Å². The maximum absolute atomic E-state index is 12.6. The zero-order chi connectivity index (χ0) is 16.9. The van der Waals surface area contributed by atoms with E-state index in [9.17, 15) is 9.90 Å². The molecule has 24 heavy (non-hydrogen) atoms. The highest BCUT2D eigenvalue weighted by atomic mass is 16.3. The Bertz CT molecular complexity index is 703. The van der Waals surface area contributed by atoms with Gasteiger partial charge in [-0.05, 0) is 19.8 Å². The third kappa shape index (κ3) is 3.62. The largest absolute Gasteiger partial charge is 0.396 e. The Labute approximate surface area is 142 Å². The van der Waals surface area contributed by atoms with Crippen LogP contribution in [0.25, 0.3) is 11.4 Å². The maximum atomic E-state index is 12.6. The third-order valence-electron chi connectivity index (χ3n) is 4.72. The average molecular weight is 325 g/mol. The van der Waals surface area contributed by atoms with Gasteiger partial charge in [0, 0.05) is 30.3 Å². The Morgan fingerprint density at radius 3 is 2.71 bits per heavy atom. The van der Waals surface area contributed by atoms with Crippen molar-refractivity contribution >= 4 is 5.91 Å². The van der Waals surface area contributed by atoms with Gasteiger partial charge >= 0.3 is 0 Å². The SMILES string of the molecule is Cc1nc(-c2ccccc2)ncc1C(=O)NC1CCCCC1CO. The number of aliphatic hydroxyl groups is 1. The molecule has 1 aliphatic carbocycles. The fraction of sp³-hybridized carbons (Fsp3) is 0.421. The van der Waals surface area contributed by atoms with E-state index in [1.807, 2.05) is 37.3 Å². The predicted octanol–water partition coefficient (Wildman–Crippen LogP) is 2.73. The molecule has 0 radical (unpaired) electrons. The zero-order valence-electron chi connectivity index (χ0n) is 13.9. The molecule has 2 unspecified atom stereocenters. The molecule has 0 bridgehead atoms. The summed E-state index contributed by atoms with van der Waals surface area (Å²) < 4.78 is 0. The van der Waals surface area contributed by atoms with Gasteiger partial charge in [-0.25, -0.2) is 9.97 Å². The van der Waals surface area contributed by atoms with Gasteiger partial charge < -0.3 is 10.4 Å². The van der Waals surface area contributed by atoms with Crippen molar-refractivity contribution in [2.24, 2.45) is 5.92 Å². The first-order valence-electron chi connectivity index (χ1n) is 8.50. The quantitative estimate of drug-likeness (QED) is 0.906. The molecule has 2 aromatic rings. The fourth-order valence-corrected chi connectivity index (χ4v) is 3.28. The Morgan fingerprint density at radius 2 is 2.00 bits per heavy atom.